The van der Waals surface area contributed by atoms with Crippen LogP contribution in [0.15, 0.2) is 65.3 Å². The summed E-state index contributed by atoms with van der Waals surface area (Å²) in [4.78, 5) is 27.6. The van der Waals surface area contributed by atoms with Crippen LogP contribution < -0.4 is 4.74 Å². The van der Waals surface area contributed by atoms with Crippen LogP contribution in [0, 0.1) is 18.3 Å². The molecule has 1 heterocycles. The summed E-state index contributed by atoms with van der Waals surface area (Å²) in [6, 6.07) is 17.6. The normalized spacial score (nSPS) is 18.6. The number of nitriles is 1. The van der Waals surface area contributed by atoms with E-state index in [4.69, 9.17) is 4.74 Å². The number of hydrogen-bond acceptors (Lipinski definition) is 4. The zero-order chi connectivity index (χ0) is 23.4. The molecule has 1 fully saturated rings. The summed E-state index contributed by atoms with van der Waals surface area (Å²) in [5.41, 5.74) is 4.03. The molecule has 0 spiro atoms. The summed E-state index contributed by atoms with van der Waals surface area (Å²) in [5.74, 6) is -0.0244. The molecule has 0 saturated heterocycles. The zero-order valence-electron chi connectivity index (χ0n) is 19.1. The monoisotopic (exact) mass is 440 g/mol. The molecule has 0 N–H and O–H groups in total. The Morgan fingerprint density at radius 1 is 0.970 bits per heavy atom. The molecule has 0 bridgehead atoms. The van der Waals surface area contributed by atoms with Crippen molar-refractivity contribution in [1.82, 2.24) is 4.90 Å². The molecule has 5 heteroatoms. The lowest BCUT2D eigenvalue weighted by molar-refractivity contribution is -0.143. The minimum absolute atomic E-state index is 0.0597. The van der Waals surface area contributed by atoms with Gasteiger partial charge in [-0.2, -0.15) is 5.26 Å². The number of imide groups is 1. The van der Waals surface area contributed by atoms with Crippen molar-refractivity contribution in [3.63, 3.8) is 0 Å². The maximum absolute atomic E-state index is 13.3. The Balaban J connectivity index is 1.55. The number of hydrogen-bond donors (Lipinski definition) is 0. The van der Waals surface area contributed by atoms with Gasteiger partial charge in [-0.15, -0.1) is 0 Å². The van der Waals surface area contributed by atoms with Crippen LogP contribution in [0.25, 0.3) is 6.08 Å². The van der Waals surface area contributed by atoms with E-state index in [9.17, 15) is 14.9 Å². The Bertz CT molecular complexity index is 1150. The summed E-state index contributed by atoms with van der Waals surface area (Å²) >= 11 is 0. The Morgan fingerprint density at radius 3 is 2.27 bits per heavy atom. The number of benzene rings is 2. The Hall–Kier alpha value is -3.65. The molecule has 2 aromatic carbocycles. The molecule has 0 atom stereocenters. The highest BCUT2D eigenvalue weighted by atomic mass is 16.5. The van der Waals surface area contributed by atoms with Crippen LogP contribution in [0.1, 0.15) is 55.7 Å². The molecule has 5 nitrogen and oxygen atoms in total. The summed E-state index contributed by atoms with van der Waals surface area (Å²) in [5, 5.41) is 9.61. The molecule has 1 saturated carbocycles. The van der Waals surface area contributed by atoms with Gasteiger partial charge in [0.1, 0.15) is 24.0 Å². The number of carbonyl (C=O) groups is 2. The molecule has 2 aliphatic rings. The second-order valence-electron chi connectivity index (χ2n) is 8.79. The molecule has 0 aromatic heterocycles. The molecule has 33 heavy (non-hydrogen) atoms. The van der Waals surface area contributed by atoms with Crippen molar-refractivity contribution in [2.45, 2.75) is 58.6 Å². The summed E-state index contributed by atoms with van der Waals surface area (Å²) in [6.07, 6.45) is 6.48. The highest BCUT2D eigenvalue weighted by Crippen LogP contribution is 2.32. The van der Waals surface area contributed by atoms with Gasteiger partial charge in [0.15, 0.2) is 0 Å². The first-order chi connectivity index (χ1) is 16.0. The molecule has 2 amide bonds. The quantitative estimate of drug-likeness (QED) is 0.455. The lowest BCUT2D eigenvalue weighted by atomic mass is 9.88. The van der Waals surface area contributed by atoms with Gasteiger partial charge in [-0.25, -0.2) is 0 Å². The third kappa shape index (κ3) is 4.90. The Morgan fingerprint density at radius 2 is 1.64 bits per heavy atom. The van der Waals surface area contributed by atoms with Gasteiger partial charge in [0.05, 0.1) is 0 Å². The van der Waals surface area contributed by atoms with Gasteiger partial charge in [0.25, 0.3) is 11.8 Å². The van der Waals surface area contributed by atoms with Gasteiger partial charge in [-0.3, -0.25) is 14.5 Å². The number of nitrogens with zero attached hydrogens (tertiary/aromatic N) is 2. The van der Waals surface area contributed by atoms with Gasteiger partial charge in [-0.1, -0.05) is 61.2 Å². The number of ether oxygens (including phenoxy) is 1. The third-order valence-corrected chi connectivity index (χ3v) is 6.43. The van der Waals surface area contributed by atoms with Gasteiger partial charge in [0, 0.05) is 11.6 Å². The molecule has 4 rings (SSSR count). The van der Waals surface area contributed by atoms with Crippen molar-refractivity contribution in [2.75, 3.05) is 0 Å². The van der Waals surface area contributed by atoms with Crippen molar-refractivity contribution < 1.29 is 14.3 Å². The number of aryl methyl sites for hydroxylation is 1. The maximum atomic E-state index is 13.3. The largest absolute Gasteiger partial charge is 0.489 e. The number of rotatable bonds is 5. The number of carbonyl (C=O) groups excluding carboxylic acids is 2. The van der Waals surface area contributed by atoms with Crippen molar-refractivity contribution in [3.8, 4) is 11.8 Å². The molecule has 0 radical (unpaired) electrons. The maximum Gasteiger partial charge on any atom is 0.271 e. The Kier molecular flexibility index (Phi) is 6.74. The highest BCUT2D eigenvalue weighted by molar-refractivity contribution is 6.19. The molecule has 1 aliphatic heterocycles. The van der Waals surface area contributed by atoms with Crippen LogP contribution >= 0.6 is 0 Å². The van der Waals surface area contributed by atoms with Crippen LogP contribution in [-0.4, -0.2) is 22.8 Å². The van der Waals surface area contributed by atoms with Crippen LogP contribution in [0.5, 0.6) is 5.75 Å². The van der Waals surface area contributed by atoms with E-state index in [-0.39, 0.29) is 17.5 Å². The molecule has 2 aromatic rings. The van der Waals surface area contributed by atoms with Gasteiger partial charge in [-0.05, 0) is 61.6 Å². The van der Waals surface area contributed by atoms with E-state index in [0.717, 1.165) is 49.0 Å². The van der Waals surface area contributed by atoms with Crippen molar-refractivity contribution in [1.29, 1.82) is 5.26 Å². The van der Waals surface area contributed by atoms with Crippen LogP contribution in [0.4, 0.5) is 0 Å². The SMILES string of the molecule is CC1=C(C#N)C(=O)N(C2CCCCC2)C(=O)/C1=C/c1ccc(OCc2ccc(C)cc2)cc1. The molecule has 1 aliphatic carbocycles. The number of amides is 2. The van der Waals surface area contributed by atoms with E-state index in [1.807, 2.05) is 42.5 Å². The standard InChI is InChI=1S/C28H28N2O3/c1-19-8-10-22(11-9-19)18-33-24-14-12-21(13-15-24)16-25-20(2)26(17-29)28(32)30(27(25)31)23-6-4-3-5-7-23/h8-16,23H,3-7,18H2,1-2H3/b25-16+. The smallest absolute Gasteiger partial charge is 0.271 e. The first-order valence-corrected chi connectivity index (χ1v) is 11.5. The fourth-order valence-electron chi connectivity index (χ4n) is 4.45. The average molecular weight is 441 g/mol. The van der Waals surface area contributed by atoms with Crippen LogP contribution in [0.2, 0.25) is 0 Å². The average Bonchev–Trinajstić information content (AvgIpc) is 2.83. The fraction of sp³-hybridized carbons (Fsp3) is 0.321. The van der Waals surface area contributed by atoms with E-state index in [1.165, 1.54) is 10.5 Å². The second-order valence-corrected chi connectivity index (χ2v) is 8.79. The third-order valence-electron chi connectivity index (χ3n) is 6.43. The fourth-order valence-corrected chi connectivity index (χ4v) is 4.45. The van der Waals surface area contributed by atoms with Crippen molar-refractivity contribution in [2.24, 2.45) is 0 Å². The van der Waals surface area contributed by atoms with Crippen molar-refractivity contribution >= 4 is 17.9 Å². The second kappa shape index (κ2) is 9.87. The van der Waals surface area contributed by atoms with E-state index in [2.05, 4.69) is 19.1 Å². The first kappa shape index (κ1) is 22.5. The predicted molar refractivity (Wildman–Crippen MR) is 127 cm³/mol. The van der Waals surface area contributed by atoms with E-state index in [1.54, 1.807) is 13.0 Å². The van der Waals surface area contributed by atoms with Crippen molar-refractivity contribution in [3.05, 3.63) is 81.9 Å². The molecule has 0 unspecified atom stereocenters. The van der Waals surface area contributed by atoms with Crippen LogP contribution in [-0.2, 0) is 16.2 Å². The lowest BCUT2D eigenvalue weighted by Gasteiger charge is -2.36. The predicted octanol–water partition coefficient (Wildman–Crippen LogP) is 5.50. The van der Waals surface area contributed by atoms with E-state index < -0.39 is 5.91 Å². The topological polar surface area (TPSA) is 70.4 Å². The first-order valence-electron chi connectivity index (χ1n) is 11.5. The summed E-state index contributed by atoms with van der Waals surface area (Å²) in [6.45, 7) is 4.21. The van der Waals surface area contributed by atoms with Gasteiger partial charge in [0.2, 0.25) is 0 Å². The van der Waals surface area contributed by atoms with Crippen LogP contribution in [0.3, 0.4) is 0 Å². The summed E-state index contributed by atoms with van der Waals surface area (Å²) < 4.78 is 5.87. The van der Waals surface area contributed by atoms with E-state index in [0.29, 0.717) is 17.8 Å². The van der Waals surface area contributed by atoms with E-state index >= 15 is 0 Å². The molecular formula is C28H28N2O3. The Labute approximate surface area is 195 Å². The lowest BCUT2D eigenvalue weighted by Crippen LogP contribution is -2.49. The minimum Gasteiger partial charge on any atom is -0.489 e. The van der Waals surface area contributed by atoms with Gasteiger partial charge >= 0.3 is 0 Å². The molecular weight excluding hydrogens is 412 g/mol. The molecule has 168 valence electrons. The highest BCUT2D eigenvalue weighted by Gasteiger charge is 2.39. The zero-order valence-corrected chi connectivity index (χ0v) is 19.1. The minimum atomic E-state index is -0.455. The summed E-state index contributed by atoms with van der Waals surface area (Å²) in [7, 11) is 0. The van der Waals surface area contributed by atoms with Gasteiger partial charge < -0.3 is 4.74 Å².